The minimum absolute atomic E-state index is 0. The molecule has 1 unspecified atom stereocenters. The second kappa shape index (κ2) is 4.01. The van der Waals surface area contributed by atoms with Gasteiger partial charge in [-0.25, -0.2) is 0 Å². The summed E-state index contributed by atoms with van der Waals surface area (Å²) >= 11 is -1.78. The van der Waals surface area contributed by atoms with Crippen LogP contribution in [0.1, 0.15) is 12.8 Å². The Hall–Kier alpha value is 1.11. The Morgan fingerprint density at radius 2 is 2.12 bits per heavy atom. The van der Waals surface area contributed by atoms with E-state index in [-0.39, 0.29) is 29.6 Å². The molecule has 0 aliphatic heterocycles. The standard InChI is InChI=1S/C4H8O2S.Na/c5-7(6)3-4-1-2-4;/h4H,1-3H2,(H,5,6);/q;+1/p-1. The molecule has 0 N–H and O–H groups in total. The van der Waals surface area contributed by atoms with Crippen LogP contribution < -0.4 is 29.6 Å². The third-order valence-electron chi connectivity index (χ3n) is 1.07. The van der Waals surface area contributed by atoms with Crippen molar-refractivity contribution in [2.45, 2.75) is 12.8 Å². The van der Waals surface area contributed by atoms with Gasteiger partial charge in [0.05, 0.1) is 0 Å². The molecule has 0 radical (unpaired) electrons. The minimum atomic E-state index is -1.78. The summed E-state index contributed by atoms with van der Waals surface area (Å²) < 4.78 is 19.7. The van der Waals surface area contributed by atoms with Gasteiger partial charge in [-0.2, -0.15) is 0 Å². The van der Waals surface area contributed by atoms with Crippen molar-refractivity contribution in [3.05, 3.63) is 0 Å². The second-order valence-electron chi connectivity index (χ2n) is 1.91. The molecule has 1 aliphatic rings. The molecule has 1 rings (SSSR count). The van der Waals surface area contributed by atoms with Gasteiger partial charge in [-0.15, -0.1) is 0 Å². The Morgan fingerprint density at radius 1 is 1.62 bits per heavy atom. The normalized spacial score (nSPS) is 21.6. The maximum absolute atomic E-state index is 9.85. The molecule has 4 heteroatoms. The molecule has 0 aromatic rings. The molecule has 0 saturated heterocycles. The summed E-state index contributed by atoms with van der Waals surface area (Å²) in [5.74, 6) is 0.901. The van der Waals surface area contributed by atoms with Gasteiger partial charge < -0.3 is 4.55 Å². The van der Waals surface area contributed by atoms with Gasteiger partial charge in [-0.1, -0.05) is 11.1 Å². The van der Waals surface area contributed by atoms with E-state index in [1.54, 1.807) is 0 Å². The summed E-state index contributed by atoms with van der Waals surface area (Å²) in [5.41, 5.74) is 0. The van der Waals surface area contributed by atoms with E-state index in [1.807, 2.05) is 0 Å². The zero-order chi connectivity index (χ0) is 5.28. The molecule has 0 amide bonds. The summed E-state index contributed by atoms with van der Waals surface area (Å²) in [6.07, 6.45) is 2.24. The van der Waals surface area contributed by atoms with Gasteiger partial charge >= 0.3 is 29.6 Å². The average molecular weight is 142 g/mol. The first-order valence-electron chi connectivity index (χ1n) is 2.35. The molecule has 0 heterocycles. The molecule has 8 heavy (non-hydrogen) atoms. The number of rotatable bonds is 2. The monoisotopic (exact) mass is 142 g/mol. The van der Waals surface area contributed by atoms with Crippen LogP contribution in [0.2, 0.25) is 0 Å². The van der Waals surface area contributed by atoms with Crippen molar-refractivity contribution in [1.82, 2.24) is 0 Å². The molecule has 1 fully saturated rings. The first kappa shape index (κ1) is 9.11. The minimum Gasteiger partial charge on any atom is -0.772 e. The van der Waals surface area contributed by atoms with Crippen molar-refractivity contribution in [1.29, 1.82) is 0 Å². The van der Waals surface area contributed by atoms with E-state index in [1.165, 1.54) is 0 Å². The van der Waals surface area contributed by atoms with E-state index in [4.69, 9.17) is 0 Å². The van der Waals surface area contributed by atoms with Crippen molar-refractivity contribution in [2.24, 2.45) is 5.92 Å². The Morgan fingerprint density at radius 3 is 2.25 bits per heavy atom. The molecule has 0 aromatic heterocycles. The van der Waals surface area contributed by atoms with Crippen LogP contribution in [0.4, 0.5) is 0 Å². The van der Waals surface area contributed by atoms with Crippen molar-refractivity contribution >= 4 is 11.1 Å². The molecule has 0 spiro atoms. The van der Waals surface area contributed by atoms with Crippen LogP contribution in [0, 0.1) is 5.92 Å². The van der Waals surface area contributed by atoms with Crippen LogP contribution in [0.5, 0.6) is 0 Å². The molecule has 0 aromatic carbocycles. The maximum Gasteiger partial charge on any atom is 1.00 e. The van der Waals surface area contributed by atoms with Crippen LogP contribution in [0.25, 0.3) is 0 Å². The van der Waals surface area contributed by atoms with E-state index in [2.05, 4.69) is 0 Å². The largest absolute Gasteiger partial charge is 1.00 e. The fraction of sp³-hybridized carbons (Fsp3) is 1.00. The van der Waals surface area contributed by atoms with Crippen LogP contribution in [0.3, 0.4) is 0 Å². The first-order valence-corrected chi connectivity index (χ1v) is 3.59. The van der Waals surface area contributed by atoms with Gasteiger partial charge in [0.25, 0.3) is 0 Å². The van der Waals surface area contributed by atoms with Gasteiger partial charge in [-0.05, 0) is 18.8 Å². The summed E-state index contributed by atoms with van der Waals surface area (Å²) in [4.78, 5) is 0. The van der Waals surface area contributed by atoms with Gasteiger partial charge in [0, 0.05) is 5.75 Å². The Balaban J connectivity index is 0.000000490. The summed E-state index contributed by atoms with van der Waals surface area (Å²) in [6, 6.07) is 0. The van der Waals surface area contributed by atoms with Crippen molar-refractivity contribution < 1.29 is 38.3 Å². The van der Waals surface area contributed by atoms with Gasteiger partial charge in [0.1, 0.15) is 0 Å². The van der Waals surface area contributed by atoms with E-state index in [0.717, 1.165) is 12.8 Å². The maximum atomic E-state index is 9.85. The topological polar surface area (TPSA) is 40.1 Å². The molecule has 42 valence electrons. The Bertz CT molecular complexity index is 92.0. The van der Waals surface area contributed by atoms with E-state index in [9.17, 15) is 8.76 Å². The third-order valence-corrected chi connectivity index (χ3v) is 1.81. The quantitative estimate of drug-likeness (QED) is 0.310. The van der Waals surface area contributed by atoms with E-state index < -0.39 is 11.1 Å². The van der Waals surface area contributed by atoms with Crippen LogP contribution in [0.15, 0.2) is 0 Å². The van der Waals surface area contributed by atoms with Crippen LogP contribution >= 0.6 is 0 Å². The van der Waals surface area contributed by atoms with Gasteiger partial charge in [-0.3, -0.25) is 4.21 Å². The van der Waals surface area contributed by atoms with Gasteiger partial charge in [0.2, 0.25) is 0 Å². The Labute approximate surface area is 73.6 Å². The first-order chi connectivity index (χ1) is 3.29. The molecule has 0 bridgehead atoms. The van der Waals surface area contributed by atoms with Crippen molar-refractivity contribution in [3.63, 3.8) is 0 Å². The molecular weight excluding hydrogens is 135 g/mol. The molecule has 1 saturated carbocycles. The van der Waals surface area contributed by atoms with Crippen molar-refractivity contribution in [2.75, 3.05) is 5.75 Å². The molecular formula is C4H7NaO2S. The van der Waals surface area contributed by atoms with E-state index in [0.29, 0.717) is 11.7 Å². The van der Waals surface area contributed by atoms with Crippen molar-refractivity contribution in [3.8, 4) is 0 Å². The van der Waals surface area contributed by atoms with Crippen LogP contribution in [-0.2, 0) is 11.1 Å². The smallest absolute Gasteiger partial charge is 0.772 e. The summed E-state index contributed by atoms with van der Waals surface area (Å²) in [5, 5.41) is 0. The molecule has 2 nitrogen and oxygen atoms in total. The van der Waals surface area contributed by atoms with Crippen LogP contribution in [-0.4, -0.2) is 14.5 Å². The van der Waals surface area contributed by atoms with Gasteiger partial charge in [0.15, 0.2) is 0 Å². The van der Waals surface area contributed by atoms with E-state index >= 15 is 0 Å². The zero-order valence-electron chi connectivity index (χ0n) is 4.92. The zero-order valence-corrected chi connectivity index (χ0v) is 7.74. The Kier molecular flexibility index (Phi) is 4.57. The average Bonchev–Trinajstić information content (AvgIpc) is 2.17. The molecule has 1 aliphatic carbocycles. The number of hydrogen-bond acceptors (Lipinski definition) is 2. The summed E-state index contributed by atoms with van der Waals surface area (Å²) in [7, 11) is 0. The molecule has 1 atom stereocenters. The summed E-state index contributed by atoms with van der Waals surface area (Å²) in [6.45, 7) is 0. The predicted octanol–water partition coefficient (Wildman–Crippen LogP) is -2.72. The third kappa shape index (κ3) is 4.04. The number of hydrogen-bond donors (Lipinski definition) is 0. The fourth-order valence-electron chi connectivity index (χ4n) is 0.477. The fourth-order valence-corrected chi connectivity index (χ4v) is 1.20. The SMILES string of the molecule is O=S([O-])CC1CC1.[Na+]. The second-order valence-corrected chi connectivity index (χ2v) is 2.85. The predicted molar refractivity (Wildman–Crippen MR) is 26.5 cm³/mol.